The Labute approximate surface area is 127 Å². The lowest BCUT2D eigenvalue weighted by Crippen LogP contribution is -2.45. The fourth-order valence-corrected chi connectivity index (χ4v) is 2.95. The average Bonchev–Trinajstić information content (AvgIpc) is 2.48. The van der Waals surface area contributed by atoms with Gasteiger partial charge in [-0.25, -0.2) is 0 Å². The van der Waals surface area contributed by atoms with Gasteiger partial charge in [-0.2, -0.15) is 0 Å². The molecule has 21 heavy (non-hydrogen) atoms. The standard InChI is InChI=1S/C17H27N3O/c1-15-6-5-10-20(12-15)17(21)14-19(11-9-18)13-16-7-3-2-4-8-16/h2-4,7-8,15H,5-6,9-14,18H2,1H3. The van der Waals surface area contributed by atoms with Gasteiger partial charge in [-0.3, -0.25) is 9.69 Å². The molecule has 0 saturated carbocycles. The molecule has 1 heterocycles. The smallest absolute Gasteiger partial charge is 0.236 e. The largest absolute Gasteiger partial charge is 0.341 e. The van der Waals surface area contributed by atoms with E-state index < -0.39 is 0 Å². The van der Waals surface area contributed by atoms with Crippen LogP contribution < -0.4 is 5.73 Å². The van der Waals surface area contributed by atoms with Crippen LogP contribution in [-0.4, -0.2) is 48.4 Å². The quantitative estimate of drug-likeness (QED) is 0.867. The van der Waals surface area contributed by atoms with Crippen molar-refractivity contribution < 1.29 is 4.79 Å². The second-order valence-corrected chi connectivity index (χ2v) is 6.07. The molecule has 0 radical (unpaired) electrons. The normalized spacial score (nSPS) is 19.0. The summed E-state index contributed by atoms with van der Waals surface area (Å²) in [5, 5.41) is 0. The van der Waals surface area contributed by atoms with Crippen LogP contribution in [0.3, 0.4) is 0 Å². The van der Waals surface area contributed by atoms with Crippen molar-refractivity contribution in [3.8, 4) is 0 Å². The van der Waals surface area contributed by atoms with Crippen LogP contribution in [0.25, 0.3) is 0 Å². The molecular formula is C17H27N3O. The number of likely N-dealkylation sites (tertiary alicyclic amines) is 1. The van der Waals surface area contributed by atoms with E-state index in [-0.39, 0.29) is 5.91 Å². The summed E-state index contributed by atoms with van der Waals surface area (Å²) >= 11 is 0. The van der Waals surface area contributed by atoms with Crippen LogP contribution in [0.1, 0.15) is 25.3 Å². The van der Waals surface area contributed by atoms with Gasteiger partial charge in [0.25, 0.3) is 0 Å². The summed E-state index contributed by atoms with van der Waals surface area (Å²) in [7, 11) is 0. The summed E-state index contributed by atoms with van der Waals surface area (Å²) < 4.78 is 0. The molecule has 1 aliphatic heterocycles. The molecule has 0 spiro atoms. The predicted molar refractivity (Wildman–Crippen MR) is 85.8 cm³/mol. The maximum absolute atomic E-state index is 12.5. The Morgan fingerprint density at radius 1 is 1.38 bits per heavy atom. The highest BCUT2D eigenvalue weighted by atomic mass is 16.2. The molecule has 1 atom stereocenters. The average molecular weight is 289 g/mol. The van der Waals surface area contributed by atoms with Gasteiger partial charge in [-0.15, -0.1) is 0 Å². The molecular weight excluding hydrogens is 262 g/mol. The Balaban J connectivity index is 1.90. The fraction of sp³-hybridized carbons (Fsp3) is 0.588. The predicted octanol–water partition coefficient (Wildman–Crippen LogP) is 1.71. The Morgan fingerprint density at radius 3 is 2.81 bits per heavy atom. The van der Waals surface area contributed by atoms with Crippen molar-refractivity contribution >= 4 is 5.91 Å². The first kappa shape index (κ1) is 16.0. The van der Waals surface area contributed by atoms with Crippen LogP contribution in [0.5, 0.6) is 0 Å². The third kappa shape index (κ3) is 5.14. The second kappa shape index (κ2) is 8.15. The highest BCUT2D eigenvalue weighted by Gasteiger charge is 2.22. The Hall–Kier alpha value is -1.39. The second-order valence-electron chi connectivity index (χ2n) is 6.07. The lowest BCUT2D eigenvalue weighted by Gasteiger charge is -2.33. The summed E-state index contributed by atoms with van der Waals surface area (Å²) in [6.07, 6.45) is 2.36. The van der Waals surface area contributed by atoms with E-state index in [1.807, 2.05) is 23.1 Å². The van der Waals surface area contributed by atoms with Crippen LogP contribution in [-0.2, 0) is 11.3 Å². The summed E-state index contributed by atoms with van der Waals surface area (Å²) in [5.74, 6) is 0.866. The van der Waals surface area contributed by atoms with E-state index in [0.29, 0.717) is 19.0 Å². The number of amides is 1. The molecule has 1 fully saturated rings. The van der Waals surface area contributed by atoms with Gasteiger partial charge in [0, 0.05) is 32.7 Å². The first-order chi connectivity index (χ1) is 10.2. The van der Waals surface area contributed by atoms with Gasteiger partial charge in [0.1, 0.15) is 0 Å². The van der Waals surface area contributed by atoms with Crippen LogP contribution in [0.4, 0.5) is 0 Å². The van der Waals surface area contributed by atoms with Crippen molar-refractivity contribution in [2.45, 2.75) is 26.3 Å². The maximum atomic E-state index is 12.5. The first-order valence-electron chi connectivity index (χ1n) is 7.93. The molecule has 1 unspecified atom stereocenters. The number of nitrogens with zero attached hydrogens (tertiary/aromatic N) is 2. The fourth-order valence-electron chi connectivity index (χ4n) is 2.95. The van der Waals surface area contributed by atoms with Gasteiger partial charge in [-0.1, -0.05) is 37.3 Å². The van der Waals surface area contributed by atoms with Crippen molar-refractivity contribution in [3.63, 3.8) is 0 Å². The van der Waals surface area contributed by atoms with Crippen molar-refractivity contribution in [2.75, 3.05) is 32.7 Å². The number of carbonyl (C=O) groups excluding carboxylic acids is 1. The maximum Gasteiger partial charge on any atom is 0.236 e. The van der Waals surface area contributed by atoms with Crippen molar-refractivity contribution in [1.29, 1.82) is 0 Å². The lowest BCUT2D eigenvalue weighted by atomic mass is 10.0. The molecule has 2 rings (SSSR count). The lowest BCUT2D eigenvalue weighted by molar-refractivity contribution is -0.134. The van der Waals surface area contributed by atoms with Crippen molar-refractivity contribution in [2.24, 2.45) is 11.7 Å². The van der Waals surface area contributed by atoms with Crippen LogP contribution in [0, 0.1) is 5.92 Å². The number of benzene rings is 1. The number of piperidine rings is 1. The summed E-state index contributed by atoms with van der Waals surface area (Å²) in [4.78, 5) is 16.6. The number of hydrogen-bond acceptors (Lipinski definition) is 3. The minimum atomic E-state index is 0.242. The minimum Gasteiger partial charge on any atom is -0.341 e. The molecule has 0 aromatic heterocycles. The molecule has 4 heteroatoms. The Bertz CT molecular complexity index is 435. The van der Waals surface area contributed by atoms with E-state index in [9.17, 15) is 4.79 Å². The van der Waals surface area contributed by atoms with Gasteiger partial charge in [0.05, 0.1) is 6.54 Å². The van der Waals surface area contributed by atoms with E-state index in [1.54, 1.807) is 0 Å². The zero-order valence-electron chi connectivity index (χ0n) is 13.0. The van der Waals surface area contributed by atoms with E-state index >= 15 is 0 Å². The van der Waals surface area contributed by atoms with Crippen molar-refractivity contribution in [1.82, 2.24) is 9.80 Å². The van der Waals surface area contributed by atoms with Crippen molar-refractivity contribution in [3.05, 3.63) is 35.9 Å². The monoisotopic (exact) mass is 289 g/mol. The molecule has 1 amide bonds. The number of carbonyl (C=O) groups is 1. The Morgan fingerprint density at radius 2 is 2.14 bits per heavy atom. The van der Waals surface area contributed by atoms with E-state index in [4.69, 9.17) is 5.73 Å². The summed E-state index contributed by atoms with van der Waals surface area (Å²) in [5.41, 5.74) is 6.92. The van der Waals surface area contributed by atoms with Gasteiger partial charge >= 0.3 is 0 Å². The SMILES string of the molecule is CC1CCCN(C(=O)CN(CCN)Cc2ccccc2)C1. The molecule has 116 valence electrons. The highest BCUT2D eigenvalue weighted by Crippen LogP contribution is 2.16. The number of hydrogen-bond donors (Lipinski definition) is 1. The van der Waals surface area contributed by atoms with Crippen LogP contribution in [0.15, 0.2) is 30.3 Å². The zero-order valence-corrected chi connectivity index (χ0v) is 13.0. The molecule has 1 aliphatic rings. The van der Waals surface area contributed by atoms with Crippen LogP contribution in [0.2, 0.25) is 0 Å². The molecule has 4 nitrogen and oxygen atoms in total. The highest BCUT2D eigenvalue weighted by molar-refractivity contribution is 5.78. The molecule has 1 aromatic carbocycles. The molecule has 2 N–H and O–H groups in total. The van der Waals surface area contributed by atoms with E-state index in [2.05, 4.69) is 24.0 Å². The Kier molecular flexibility index (Phi) is 6.21. The van der Waals surface area contributed by atoms with E-state index in [1.165, 1.54) is 12.0 Å². The third-order valence-corrected chi connectivity index (χ3v) is 4.06. The molecule has 0 aliphatic carbocycles. The van der Waals surface area contributed by atoms with Crippen LogP contribution >= 0.6 is 0 Å². The van der Waals surface area contributed by atoms with Gasteiger partial charge in [-0.05, 0) is 24.3 Å². The molecule has 1 aromatic rings. The molecule has 0 bridgehead atoms. The van der Waals surface area contributed by atoms with Gasteiger partial charge in [0.15, 0.2) is 0 Å². The number of nitrogens with two attached hydrogens (primary N) is 1. The first-order valence-corrected chi connectivity index (χ1v) is 7.93. The third-order valence-electron chi connectivity index (χ3n) is 4.06. The minimum absolute atomic E-state index is 0.242. The number of rotatable bonds is 6. The van der Waals surface area contributed by atoms with Gasteiger partial charge in [0.2, 0.25) is 5.91 Å². The molecule has 1 saturated heterocycles. The topological polar surface area (TPSA) is 49.6 Å². The van der Waals surface area contributed by atoms with E-state index in [0.717, 1.165) is 32.6 Å². The van der Waals surface area contributed by atoms with Gasteiger partial charge < -0.3 is 10.6 Å². The summed E-state index contributed by atoms with van der Waals surface area (Å²) in [6, 6.07) is 10.3. The zero-order chi connectivity index (χ0) is 15.1. The summed E-state index contributed by atoms with van der Waals surface area (Å²) in [6.45, 7) is 6.62.